The Morgan fingerprint density at radius 2 is 1.63 bits per heavy atom. The number of halogens is 3. The molecule has 4 aromatic rings. The monoisotopic (exact) mass is 564 g/mol. The molecule has 0 aliphatic carbocycles. The van der Waals surface area contributed by atoms with Gasteiger partial charge in [-0.05, 0) is 29.8 Å². The third-order valence-corrected chi connectivity index (χ3v) is 6.13. The lowest BCUT2D eigenvalue weighted by Crippen LogP contribution is -2.42. The fourth-order valence-electron chi connectivity index (χ4n) is 4.00. The van der Waals surface area contributed by atoms with E-state index in [1.54, 1.807) is 30.3 Å². The van der Waals surface area contributed by atoms with Gasteiger partial charge in [0.05, 0.1) is 0 Å². The summed E-state index contributed by atoms with van der Waals surface area (Å²) in [7, 11) is 0. The highest BCUT2D eigenvalue weighted by atomic mass is 19.4. The number of allylic oxidation sites excluding steroid dienone is 2. The van der Waals surface area contributed by atoms with E-state index in [0.29, 0.717) is 41.2 Å². The molecule has 0 unspecified atom stereocenters. The third-order valence-electron chi connectivity index (χ3n) is 6.13. The average Bonchev–Trinajstić information content (AvgIpc) is 3.39. The van der Waals surface area contributed by atoms with Gasteiger partial charge in [-0.2, -0.15) is 13.2 Å². The van der Waals surface area contributed by atoms with Crippen LogP contribution in [0.15, 0.2) is 101 Å². The van der Waals surface area contributed by atoms with Gasteiger partial charge in [0.1, 0.15) is 35.5 Å². The molecular formula is C31H27F3N2O5. The summed E-state index contributed by atoms with van der Waals surface area (Å²) >= 11 is 0. The zero-order chi connectivity index (χ0) is 29.4. The predicted molar refractivity (Wildman–Crippen MR) is 145 cm³/mol. The summed E-state index contributed by atoms with van der Waals surface area (Å²) in [6, 6.07) is 21.5. The van der Waals surface area contributed by atoms with Crippen LogP contribution >= 0.6 is 0 Å². The maximum Gasteiger partial charge on any atom is 0.431 e. The number of aliphatic carboxylic acids is 1. The summed E-state index contributed by atoms with van der Waals surface area (Å²) in [6.07, 6.45) is -4.24. The summed E-state index contributed by atoms with van der Waals surface area (Å²) < 4.78 is 52.8. The van der Waals surface area contributed by atoms with E-state index in [4.69, 9.17) is 9.15 Å². The first-order valence-corrected chi connectivity index (χ1v) is 12.8. The Balaban J connectivity index is 1.43. The minimum absolute atomic E-state index is 0.0477. The van der Waals surface area contributed by atoms with Crippen molar-refractivity contribution in [2.75, 3.05) is 0 Å². The van der Waals surface area contributed by atoms with Crippen LogP contribution in [0.4, 0.5) is 13.2 Å². The normalized spacial score (nSPS) is 12.5. The second-order valence-electron chi connectivity index (χ2n) is 9.07. The molecule has 2 N–H and O–H groups in total. The van der Waals surface area contributed by atoms with Crippen molar-refractivity contribution in [3.05, 3.63) is 119 Å². The van der Waals surface area contributed by atoms with Gasteiger partial charge in [-0.15, -0.1) is 0 Å². The summed E-state index contributed by atoms with van der Waals surface area (Å²) in [5.74, 6) is -0.758. The minimum Gasteiger partial charge on any atom is -0.487 e. The van der Waals surface area contributed by atoms with Gasteiger partial charge in [0.25, 0.3) is 0 Å². The number of carboxylic acids is 1. The minimum atomic E-state index is -4.96. The van der Waals surface area contributed by atoms with Crippen LogP contribution in [0.1, 0.15) is 34.3 Å². The van der Waals surface area contributed by atoms with Crippen LogP contribution < -0.4 is 10.1 Å². The largest absolute Gasteiger partial charge is 0.487 e. The Hall–Kier alpha value is -4.86. The zero-order valence-corrected chi connectivity index (χ0v) is 22.0. The number of nitrogens with zero attached hydrogens (tertiary/aromatic N) is 1. The fourth-order valence-corrected chi connectivity index (χ4v) is 4.00. The van der Waals surface area contributed by atoms with Crippen molar-refractivity contribution < 1.29 is 37.0 Å². The molecule has 1 aromatic heterocycles. The number of hydrogen-bond acceptors (Lipinski definition) is 6. The number of aromatic nitrogens is 1. The smallest absolute Gasteiger partial charge is 0.431 e. The molecule has 1 heterocycles. The molecule has 10 heteroatoms. The number of hydrogen-bond donors (Lipinski definition) is 2. The Labute approximate surface area is 234 Å². The number of alkyl halides is 3. The predicted octanol–water partition coefficient (Wildman–Crippen LogP) is 6.40. The van der Waals surface area contributed by atoms with E-state index in [1.165, 1.54) is 24.3 Å². The molecule has 0 fully saturated rings. The van der Waals surface area contributed by atoms with Gasteiger partial charge < -0.3 is 19.6 Å². The number of nitrogens with one attached hydrogen (secondary N) is 1. The maximum atomic E-state index is 13.7. The zero-order valence-electron chi connectivity index (χ0n) is 22.0. The van der Waals surface area contributed by atoms with E-state index < -0.39 is 29.7 Å². The number of ketones is 1. The molecular weight excluding hydrogens is 537 g/mol. The van der Waals surface area contributed by atoms with Gasteiger partial charge in [0, 0.05) is 30.0 Å². The molecule has 0 radical (unpaired) electrons. The molecule has 7 nitrogen and oxygen atoms in total. The number of carbonyl (C=O) groups excluding carboxylic acids is 1. The highest BCUT2D eigenvalue weighted by Gasteiger charge is 2.37. The van der Waals surface area contributed by atoms with E-state index in [-0.39, 0.29) is 18.6 Å². The van der Waals surface area contributed by atoms with Gasteiger partial charge in [0.15, 0.2) is 5.78 Å². The van der Waals surface area contributed by atoms with Crippen molar-refractivity contribution >= 4 is 11.8 Å². The number of oxazole rings is 1. The molecule has 0 bridgehead atoms. The highest BCUT2D eigenvalue weighted by molar-refractivity contribution is 6.05. The Morgan fingerprint density at radius 1 is 1.00 bits per heavy atom. The average molecular weight is 565 g/mol. The standard InChI is InChI=1S/C31H27F3N2O5/c1-2-27-25(36-29(41-27)22-11-7-4-8-12-22)19-40-23-15-13-20(14-16-23)17-24(30(38)39)35-28(31(32,33)34)18-26(37)21-9-5-3-6-10-21/h3-16,18,24,35H,2,17,19H2,1H3,(H,38,39)/b28-18+/t24-/m0/s1. The number of ether oxygens (including phenoxy) is 1. The lowest BCUT2D eigenvalue weighted by molar-refractivity contribution is -0.140. The molecule has 1 atom stereocenters. The molecule has 0 spiro atoms. The highest BCUT2D eigenvalue weighted by Crippen LogP contribution is 2.26. The van der Waals surface area contributed by atoms with Gasteiger partial charge >= 0.3 is 12.1 Å². The number of aryl methyl sites for hydroxylation is 1. The van der Waals surface area contributed by atoms with Crippen molar-refractivity contribution in [1.29, 1.82) is 0 Å². The summed E-state index contributed by atoms with van der Waals surface area (Å²) in [5.41, 5.74) is 0.545. The van der Waals surface area contributed by atoms with E-state index >= 15 is 0 Å². The topological polar surface area (TPSA) is 102 Å². The maximum absolute atomic E-state index is 13.7. The molecule has 0 saturated heterocycles. The van der Waals surface area contributed by atoms with Crippen molar-refractivity contribution in [2.45, 2.75) is 38.6 Å². The second-order valence-corrected chi connectivity index (χ2v) is 9.07. The van der Waals surface area contributed by atoms with Crippen molar-refractivity contribution in [3.8, 4) is 17.2 Å². The second kappa shape index (κ2) is 13.0. The molecule has 3 aromatic carbocycles. The molecule has 0 aliphatic heterocycles. The van der Waals surface area contributed by atoms with Crippen LogP contribution in [0.25, 0.3) is 11.5 Å². The van der Waals surface area contributed by atoms with Crippen LogP contribution in [0.5, 0.6) is 5.75 Å². The van der Waals surface area contributed by atoms with Crippen LogP contribution in [0.3, 0.4) is 0 Å². The third kappa shape index (κ3) is 7.84. The molecule has 0 amide bonds. The van der Waals surface area contributed by atoms with Crippen LogP contribution in [-0.2, 0) is 24.2 Å². The Bertz CT molecular complexity index is 1500. The van der Waals surface area contributed by atoms with Gasteiger partial charge in [0.2, 0.25) is 5.89 Å². The summed E-state index contributed by atoms with van der Waals surface area (Å²) in [4.78, 5) is 28.7. The first-order chi connectivity index (χ1) is 19.6. The quantitative estimate of drug-likeness (QED) is 0.152. The van der Waals surface area contributed by atoms with Crippen LogP contribution in [0, 0.1) is 0 Å². The van der Waals surface area contributed by atoms with Crippen LogP contribution in [0.2, 0.25) is 0 Å². The number of benzene rings is 3. The Morgan fingerprint density at radius 3 is 2.22 bits per heavy atom. The van der Waals surface area contributed by atoms with Crippen molar-refractivity contribution in [1.82, 2.24) is 10.3 Å². The molecule has 212 valence electrons. The van der Waals surface area contributed by atoms with Crippen LogP contribution in [-0.4, -0.2) is 34.1 Å². The number of carboxylic acid groups (broad SMARTS) is 1. The molecule has 41 heavy (non-hydrogen) atoms. The van der Waals surface area contributed by atoms with Crippen molar-refractivity contribution in [2.24, 2.45) is 0 Å². The molecule has 0 saturated carbocycles. The van der Waals surface area contributed by atoms with Gasteiger partial charge in [-0.3, -0.25) is 4.79 Å². The summed E-state index contributed by atoms with van der Waals surface area (Å²) in [5, 5.41) is 11.6. The van der Waals surface area contributed by atoms with Gasteiger partial charge in [-0.1, -0.05) is 67.6 Å². The Kier molecular flexibility index (Phi) is 9.23. The lowest BCUT2D eigenvalue weighted by atomic mass is 10.0. The van der Waals surface area contributed by atoms with E-state index in [2.05, 4.69) is 4.98 Å². The molecule has 4 rings (SSSR count). The first kappa shape index (κ1) is 29.1. The van der Waals surface area contributed by atoms with Gasteiger partial charge in [-0.25, -0.2) is 9.78 Å². The van der Waals surface area contributed by atoms with E-state index in [0.717, 1.165) is 5.56 Å². The molecule has 0 aliphatic rings. The summed E-state index contributed by atoms with van der Waals surface area (Å²) in [6.45, 7) is 2.07. The van der Waals surface area contributed by atoms with Crippen molar-refractivity contribution in [3.63, 3.8) is 0 Å². The number of carbonyl (C=O) groups is 2. The SMILES string of the molecule is CCc1oc(-c2ccccc2)nc1COc1ccc(C[C@H](N/C(=C/C(=O)c2ccccc2)C(F)(F)F)C(=O)O)cc1. The van der Waals surface area contributed by atoms with E-state index in [1.807, 2.05) is 42.6 Å². The lowest BCUT2D eigenvalue weighted by Gasteiger charge is -2.20. The fraction of sp³-hybridized carbons (Fsp3) is 0.194. The number of rotatable bonds is 12. The van der Waals surface area contributed by atoms with E-state index in [9.17, 15) is 27.9 Å². The first-order valence-electron chi connectivity index (χ1n) is 12.8.